The van der Waals surface area contributed by atoms with Crippen LogP contribution in [0.1, 0.15) is 38.4 Å². The zero-order valence-corrected chi connectivity index (χ0v) is 13.0. The minimum absolute atomic E-state index is 0.0200. The van der Waals surface area contributed by atoms with Gasteiger partial charge >= 0.3 is 0 Å². The molecule has 1 heterocycles. The first-order valence-corrected chi connectivity index (χ1v) is 8.06. The van der Waals surface area contributed by atoms with Crippen LogP contribution in [-0.4, -0.2) is 47.4 Å². The predicted octanol–water partition coefficient (Wildman–Crippen LogP) is 1.99. The number of rotatable bonds is 6. The normalized spacial score (nSPS) is 25.9. The van der Waals surface area contributed by atoms with Gasteiger partial charge in [0.1, 0.15) is 6.17 Å². The van der Waals surface area contributed by atoms with Crippen molar-refractivity contribution < 1.29 is 4.79 Å². The number of amides is 1. The monoisotopic (exact) mass is 287 g/mol. The van der Waals surface area contributed by atoms with E-state index in [9.17, 15) is 4.79 Å². The third kappa shape index (κ3) is 3.11. The van der Waals surface area contributed by atoms with Crippen molar-refractivity contribution in [2.75, 3.05) is 19.6 Å². The molecule has 1 aliphatic carbocycles. The maximum atomic E-state index is 12.4. The van der Waals surface area contributed by atoms with Gasteiger partial charge in [-0.2, -0.15) is 0 Å². The first kappa shape index (κ1) is 14.5. The Labute approximate surface area is 127 Å². The lowest BCUT2D eigenvalue weighted by Gasteiger charge is -2.28. The second-order valence-corrected chi connectivity index (χ2v) is 6.09. The van der Waals surface area contributed by atoms with Crippen LogP contribution in [0, 0.1) is 0 Å². The van der Waals surface area contributed by atoms with Gasteiger partial charge in [0.25, 0.3) is 0 Å². The third-order valence-electron chi connectivity index (χ3n) is 4.59. The van der Waals surface area contributed by atoms with Crippen LogP contribution in [0.3, 0.4) is 0 Å². The van der Waals surface area contributed by atoms with Gasteiger partial charge in [0, 0.05) is 19.1 Å². The molecule has 114 valence electrons. The van der Waals surface area contributed by atoms with Gasteiger partial charge < -0.3 is 4.90 Å². The Kier molecular flexibility index (Phi) is 4.27. The fourth-order valence-corrected chi connectivity index (χ4v) is 3.20. The number of nitrogens with zero attached hydrogens (tertiary/aromatic N) is 2. The highest BCUT2D eigenvalue weighted by Gasteiger charge is 2.37. The average molecular weight is 287 g/mol. The van der Waals surface area contributed by atoms with Crippen molar-refractivity contribution in [1.29, 1.82) is 0 Å². The van der Waals surface area contributed by atoms with E-state index in [2.05, 4.69) is 29.3 Å². The molecule has 1 amide bonds. The zero-order chi connectivity index (χ0) is 14.8. The van der Waals surface area contributed by atoms with E-state index in [4.69, 9.17) is 0 Å². The topological polar surface area (TPSA) is 35.6 Å². The lowest BCUT2D eigenvalue weighted by molar-refractivity contribution is -0.130. The van der Waals surface area contributed by atoms with Gasteiger partial charge in [-0.3, -0.25) is 15.0 Å². The number of benzene rings is 1. The fraction of sp³-hybridized carbons (Fsp3) is 0.588. The Bertz CT molecular complexity index is 486. The summed E-state index contributed by atoms with van der Waals surface area (Å²) in [5, 5.41) is 3.41. The first-order chi connectivity index (χ1) is 10.2. The van der Waals surface area contributed by atoms with Gasteiger partial charge in [0.15, 0.2) is 0 Å². The standard InChI is InChI=1S/C17H25N3O/c1-3-19(15-9-10-15)11-12-20-16(18-13(2)17(20)21)14-7-5-4-6-8-14/h4-8,13,15-16,18H,3,9-12H2,1-2H3. The minimum Gasteiger partial charge on any atom is -0.320 e. The van der Waals surface area contributed by atoms with Crippen molar-refractivity contribution in [1.82, 2.24) is 15.1 Å². The second-order valence-electron chi connectivity index (χ2n) is 6.09. The highest BCUT2D eigenvalue weighted by atomic mass is 16.2. The second kappa shape index (κ2) is 6.16. The Hall–Kier alpha value is -1.39. The minimum atomic E-state index is -0.0915. The number of likely N-dealkylation sites (N-methyl/N-ethyl adjacent to an activating group) is 1. The molecule has 1 aromatic rings. The predicted molar refractivity (Wildman–Crippen MR) is 83.8 cm³/mol. The van der Waals surface area contributed by atoms with Crippen molar-refractivity contribution in [2.45, 2.75) is 44.9 Å². The average Bonchev–Trinajstić information content (AvgIpc) is 3.30. The number of hydrogen-bond donors (Lipinski definition) is 1. The molecule has 2 unspecified atom stereocenters. The van der Waals surface area contributed by atoms with Crippen molar-refractivity contribution in [3.05, 3.63) is 35.9 Å². The molecule has 1 aromatic carbocycles. The summed E-state index contributed by atoms with van der Waals surface area (Å²) in [4.78, 5) is 16.9. The Balaban J connectivity index is 1.69. The van der Waals surface area contributed by atoms with E-state index in [0.717, 1.165) is 25.7 Å². The van der Waals surface area contributed by atoms with Crippen molar-refractivity contribution in [3.8, 4) is 0 Å². The highest BCUT2D eigenvalue weighted by Crippen LogP contribution is 2.28. The maximum absolute atomic E-state index is 12.4. The van der Waals surface area contributed by atoms with Gasteiger partial charge in [-0.05, 0) is 31.9 Å². The van der Waals surface area contributed by atoms with Gasteiger partial charge in [-0.25, -0.2) is 0 Å². The summed E-state index contributed by atoms with van der Waals surface area (Å²) in [5.74, 6) is 0.218. The molecule has 0 radical (unpaired) electrons. The van der Waals surface area contributed by atoms with Crippen LogP contribution in [0.2, 0.25) is 0 Å². The lowest BCUT2D eigenvalue weighted by Crippen LogP contribution is -2.39. The highest BCUT2D eigenvalue weighted by molar-refractivity contribution is 5.84. The molecule has 3 rings (SSSR count). The van der Waals surface area contributed by atoms with Crippen LogP contribution >= 0.6 is 0 Å². The number of carbonyl (C=O) groups is 1. The molecule has 0 bridgehead atoms. The Morgan fingerprint density at radius 1 is 1.29 bits per heavy atom. The third-order valence-corrected chi connectivity index (χ3v) is 4.59. The molecule has 0 spiro atoms. The fourth-order valence-electron chi connectivity index (χ4n) is 3.20. The molecule has 2 aliphatic rings. The van der Waals surface area contributed by atoms with Crippen LogP contribution in [-0.2, 0) is 4.79 Å². The van der Waals surface area contributed by atoms with Crippen LogP contribution in [0.25, 0.3) is 0 Å². The van der Waals surface area contributed by atoms with E-state index < -0.39 is 0 Å². The Morgan fingerprint density at radius 3 is 2.62 bits per heavy atom. The molecule has 1 saturated carbocycles. The van der Waals surface area contributed by atoms with E-state index in [1.165, 1.54) is 18.4 Å². The van der Waals surface area contributed by atoms with Gasteiger partial charge in [0.2, 0.25) is 5.91 Å². The smallest absolute Gasteiger partial charge is 0.241 e. The van der Waals surface area contributed by atoms with E-state index in [1.807, 2.05) is 30.0 Å². The number of carbonyl (C=O) groups excluding carboxylic acids is 1. The van der Waals surface area contributed by atoms with Gasteiger partial charge in [0.05, 0.1) is 6.04 Å². The maximum Gasteiger partial charge on any atom is 0.241 e. The summed E-state index contributed by atoms with van der Waals surface area (Å²) in [5.41, 5.74) is 1.17. The van der Waals surface area contributed by atoms with Crippen molar-refractivity contribution in [2.24, 2.45) is 0 Å². The molecule has 1 N–H and O–H groups in total. The zero-order valence-electron chi connectivity index (χ0n) is 13.0. The van der Waals surface area contributed by atoms with E-state index in [0.29, 0.717) is 0 Å². The van der Waals surface area contributed by atoms with Crippen LogP contribution in [0.4, 0.5) is 0 Å². The number of hydrogen-bond acceptors (Lipinski definition) is 3. The van der Waals surface area contributed by atoms with Crippen LogP contribution < -0.4 is 5.32 Å². The first-order valence-electron chi connectivity index (χ1n) is 8.06. The molecular formula is C17H25N3O. The summed E-state index contributed by atoms with van der Waals surface area (Å²) >= 11 is 0. The van der Waals surface area contributed by atoms with Gasteiger partial charge in [-0.15, -0.1) is 0 Å². The summed E-state index contributed by atoms with van der Waals surface area (Å²) < 4.78 is 0. The Morgan fingerprint density at radius 2 is 2.00 bits per heavy atom. The van der Waals surface area contributed by atoms with Crippen molar-refractivity contribution >= 4 is 5.91 Å². The van der Waals surface area contributed by atoms with E-state index in [-0.39, 0.29) is 18.1 Å². The molecule has 0 aromatic heterocycles. The van der Waals surface area contributed by atoms with E-state index in [1.54, 1.807) is 0 Å². The van der Waals surface area contributed by atoms with Gasteiger partial charge in [-0.1, -0.05) is 37.3 Å². The summed E-state index contributed by atoms with van der Waals surface area (Å²) in [6.07, 6.45) is 2.66. The summed E-state index contributed by atoms with van der Waals surface area (Å²) in [6, 6.07) is 10.9. The molecule has 2 fully saturated rings. The number of nitrogens with one attached hydrogen (secondary N) is 1. The van der Waals surface area contributed by atoms with Crippen LogP contribution in [0.15, 0.2) is 30.3 Å². The summed E-state index contributed by atoms with van der Waals surface area (Å²) in [6.45, 7) is 7.02. The molecule has 4 nitrogen and oxygen atoms in total. The molecule has 2 atom stereocenters. The van der Waals surface area contributed by atoms with E-state index >= 15 is 0 Å². The van der Waals surface area contributed by atoms with Crippen LogP contribution in [0.5, 0.6) is 0 Å². The molecule has 4 heteroatoms. The lowest BCUT2D eigenvalue weighted by atomic mass is 10.1. The molecule has 21 heavy (non-hydrogen) atoms. The summed E-state index contributed by atoms with van der Waals surface area (Å²) in [7, 11) is 0. The van der Waals surface area contributed by atoms with Crippen molar-refractivity contribution in [3.63, 3.8) is 0 Å². The quantitative estimate of drug-likeness (QED) is 0.869. The SMILES string of the molecule is CCN(CCN1C(=O)C(C)NC1c1ccccc1)C1CC1. The molecular weight excluding hydrogens is 262 g/mol. The largest absolute Gasteiger partial charge is 0.320 e. The molecule has 1 aliphatic heterocycles. The molecule has 1 saturated heterocycles.